The van der Waals surface area contributed by atoms with Gasteiger partial charge in [0.2, 0.25) is 0 Å². The molecule has 0 aliphatic carbocycles. The lowest BCUT2D eigenvalue weighted by Crippen LogP contribution is -2.10. The molecule has 0 radical (unpaired) electrons. The van der Waals surface area contributed by atoms with E-state index in [9.17, 15) is 4.79 Å². The molecule has 0 saturated carbocycles. The molecule has 0 atom stereocenters. The van der Waals surface area contributed by atoms with Crippen LogP contribution >= 0.6 is 23.2 Å². The minimum atomic E-state index is -0.492. The molecule has 0 amide bonds. The van der Waals surface area contributed by atoms with Gasteiger partial charge in [-0.3, -0.25) is 0 Å². The highest BCUT2D eigenvalue weighted by Crippen LogP contribution is 2.32. The Morgan fingerprint density at radius 1 is 1.00 bits per heavy atom. The SMILES string of the molecule is COc1ccc(/C=C/C(=O)OCCOc2c(Cl)cccc2Cl)cc1OC. The van der Waals surface area contributed by atoms with E-state index in [1.807, 2.05) is 0 Å². The van der Waals surface area contributed by atoms with E-state index in [1.165, 1.54) is 6.08 Å². The number of para-hydroxylation sites is 1. The van der Waals surface area contributed by atoms with Crippen molar-refractivity contribution < 1.29 is 23.7 Å². The van der Waals surface area contributed by atoms with Crippen molar-refractivity contribution in [3.63, 3.8) is 0 Å². The molecular formula is C19H18Cl2O5. The minimum absolute atomic E-state index is 0.0661. The largest absolute Gasteiger partial charge is 0.493 e. The predicted octanol–water partition coefficient (Wildman–Crippen LogP) is 4.65. The highest BCUT2D eigenvalue weighted by Gasteiger charge is 2.07. The molecule has 26 heavy (non-hydrogen) atoms. The lowest BCUT2D eigenvalue weighted by Gasteiger charge is -2.09. The highest BCUT2D eigenvalue weighted by molar-refractivity contribution is 6.37. The third kappa shape index (κ3) is 5.58. The maximum Gasteiger partial charge on any atom is 0.330 e. The highest BCUT2D eigenvalue weighted by atomic mass is 35.5. The van der Waals surface area contributed by atoms with Gasteiger partial charge in [0.05, 0.1) is 24.3 Å². The summed E-state index contributed by atoms with van der Waals surface area (Å²) < 4.78 is 20.9. The summed E-state index contributed by atoms with van der Waals surface area (Å²) in [4.78, 5) is 11.8. The van der Waals surface area contributed by atoms with E-state index in [0.717, 1.165) is 5.56 Å². The Kier molecular flexibility index (Phi) is 7.63. The molecule has 0 spiro atoms. The Labute approximate surface area is 162 Å². The number of halogens is 2. The van der Waals surface area contributed by atoms with Gasteiger partial charge in [-0.1, -0.05) is 35.3 Å². The van der Waals surface area contributed by atoms with Gasteiger partial charge in [0.25, 0.3) is 0 Å². The molecule has 2 rings (SSSR count). The summed E-state index contributed by atoms with van der Waals surface area (Å²) in [6, 6.07) is 10.4. The Balaban J connectivity index is 1.82. The van der Waals surface area contributed by atoms with Gasteiger partial charge in [-0.2, -0.15) is 0 Å². The van der Waals surface area contributed by atoms with Crippen molar-refractivity contribution in [2.75, 3.05) is 27.4 Å². The Bertz CT molecular complexity index is 769. The van der Waals surface area contributed by atoms with Gasteiger partial charge in [-0.25, -0.2) is 4.79 Å². The molecule has 0 fully saturated rings. The number of ether oxygens (including phenoxy) is 4. The summed E-state index contributed by atoms with van der Waals surface area (Å²) in [7, 11) is 3.10. The van der Waals surface area contributed by atoms with E-state index in [4.69, 9.17) is 42.1 Å². The fraction of sp³-hybridized carbons (Fsp3) is 0.211. The van der Waals surface area contributed by atoms with Crippen LogP contribution in [0.2, 0.25) is 10.0 Å². The number of methoxy groups -OCH3 is 2. The number of carbonyl (C=O) groups excluding carboxylic acids is 1. The molecule has 2 aromatic rings. The number of carbonyl (C=O) groups is 1. The smallest absolute Gasteiger partial charge is 0.330 e. The van der Waals surface area contributed by atoms with E-state index in [2.05, 4.69) is 0 Å². The summed E-state index contributed by atoms with van der Waals surface area (Å²) in [5.74, 6) is 1.07. The van der Waals surface area contributed by atoms with Gasteiger partial charge in [0.1, 0.15) is 13.2 Å². The molecule has 2 aromatic carbocycles. The van der Waals surface area contributed by atoms with E-state index < -0.39 is 5.97 Å². The maximum atomic E-state index is 11.8. The lowest BCUT2D eigenvalue weighted by atomic mass is 10.2. The van der Waals surface area contributed by atoms with Crippen LogP contribution in [0.15, 0.2) is 42.5 Å². The van der Waals surface area contributed by atoms with Crippen LogP contribution in [-0.2, 0) is 9.53 Å². The van der Waals surface area contributed by atoms with Crippen molar-refractivity contribution >= 4 is 35.2 Å². The molecule has 7 heteroatoms. The topological polar surface area (TPSA) is 54.0 Å². The first kappa shape index (κ1) is 19.9. The van der Waals surface area contributed by atoms with Gasteiger partial charge in [0, 0.05) is 6.08 Å². The van der Waals surface area contributed by atoms with Gasteiger partial charge in [0.15, 0.2) is 17.2 Å². The van der Waals surface area contributed by atoms with E-state index in [0.29, 0.717) is 27.3 Å². The average Bonchev–Trinajstić information content (AvgIpc) is 2.65. The molecule has 5 nitrogen and oxygen atoms in total. The van der Waals surface area contributed by atoms with Crippen molar-refractivity contribution in [1.29, 1.82) is 0 Å². The molecule has 0 saturated heterocycles. The maximum absolute atomic E-state index is 11.8. The second-order valence-corrected chi connectivity index (χ2v) is 5.83. The summed E-state index contributed by atoms with van der Waals surface area (Å²) in [6.07, 6.45) is 2.94. The third-order valence-corrected chi connectivity index (χ3v) is 3.91. The monoisotopic (exact) mass is 396 g/mol. The van der Waals surface area contributed by atoms with Crippen molar-refractivity contribution in [3.8, 4) is 17.2 Å². The minimum Gasteiger partial charge on any atom is -0.493 e. The van der Waals surface area contributed by atoms with Crippen LogP contribution in [0.4, 0.5) is 0 Å². The Hall–Kier alpha value is -2.37. The van der Waals surface area contributed by atoms with Gasteiger partial charge < -0.3 is 18.9 Å². The van der Waals surface area contributed by atoms with Crippen LogP contribution in [0.1, 0.15) is 5.56 Å². The lowest BCUT2D eigenvalue weighted by molar-refractivity contribution is -0.138. The molecule has 138 valence electrons. The standard InChI is InChI=1S/C19H18Cl2O5/c1-23-16-8-6-13(12-17(16)24-2)7-9-18(22)25-10-11-26-19-14(20)4-3-5-15(19)21/h3-9,12H,10-11H2,1-2H3/b9-7+. The summed E-state index contributed by atoms with van der Waals surface area (Å²) in [5.41, 5.74) is 0.777. The van der Waals surface area contributed by atoms with Crippen LogP contribution in [0, 0.1) is 0 Å². The van der Waals surface area contributed by atoms with Gasteiger partial charge >= 0.3 is 5.97 Å². The van der Waals surface area contributed by atoms with Crippen LogP contribution in [0.5, 0.6) is 17.2 Å². The van der Waals surface area contributed by atoms with Crippen LogP contribution in [0.25, 0.3) is 6.08 Å². The molecular weight excluding hydrogens is 379 g/mol. The zero-order chi connectivity index (χ0) is 18.9. The van der Waals surface area contributed by atoms with Crippen molar-refractivity contribution in [3.05, 3.63) is 58.1 Å². The zero-order valence-corrected chi connectivity index (χ0v) is 15.8. The summed E-state index contributed by atoms with van der Waals surface area (Å²) in [5, 5.41) is 0.800. The number of hydrogen-bond acceptors (Lipinski definition) is 5. The molecule has 0 aliphatic rings. The van der Waals surface area contributed by atoms with Crippen LogP contribution in [0.3, 0.4) is 0 Å². The first-order valence-corrected chi connectivity index (χ1v) is 8.44. The fourth-order valence-electron chi connectivity index (χ4n) is 2.08. The summed E-state index contributed by atoms with van der Waals surface area (Å²) >= 11 is 12.0. The normalized spacial score (nSPS) is 10.6. The molecule has 0 heterocycles. The quantitative estimate of drug-likeness (QED) is 0.369. The number of hydrogen-bond donors (Lipinski definition) is 0. The molecule has 0 bridgehead atoms. The first-order valence-electron chi connectivity index (χ1n) is 7.69. The van der Waals surface area contributed by atoms with Crippen molar-refractivity contribution in [2.24, 2.45) is 0 Å². The first-order chi connectivity index (χ1) is 12.5. The van der Waals surface area contributed by atoms with Crippen molar-refractivity contribution in [1.82, 2.24) is 0 Å². The van der Waals surface area contributed by atoms with Crippen molar-refractivity contribution in [2.45, 2.75) is 0 Å². The van der Waals surface area contributed by atoms with E-state index in [1.54, 1.807) is 56.7 Å². The molecule has 0 N–H and O–H groups in total. The van der Waals surface area contributed by atoms with E-state index >= 15 is 0 Å². The van der Waals surface area contributed by atoms with Crippen LogP contribution in [-0.4, -0.2) is 33.4 Å². The third-order valence-electron chi connectivity index (χ3n) is 3.31. The van der Waals surface area contributed by atoms with Gasteiger partial charge in [-0.15, -0.1) is 0 Å². The van der Waals surface area contributed by atoms with Crippen LogP contribution < -0.4 is 14.2 Å². The summed E-state index contributed by atoms with van der Waals surface area (Å²) in [6.45, 7) is 0.204. The number of benzene rings is 2. The van der Waals surface area contributed by atoms with E-state index in [-0.39, 0.29) is 13.2 Å². The zero-order valence-electron chi connectivity index (χ0n) is 14.3. The average molecular weight is 397 g/mol. The fourth-order valence-corrected chi connectivity index (χ4v) is 2.58. The van der Waals surface area contributed by atoms with Gasteiger partial charge in [-0.05, 0) is 35.9 Å². The molecule has 0 aromatic heterocycles. The Morgan fingerprint density at radius 3 is 2.35 bits per heavy atom. The number of rotatable bonds is 8. The number of esters is 1. The second-order valence-electron chi connectivity index (χ2n) is 5.01. The Morgan fingerprint density at radius 2 is 1.69 bits per heavy atom. The second kappa shape index (κ2) is 9.94. The molecule has 0 unspecified atom stereocenters. The predicted molar refractivity (Wildman–Crippen MR) is 101 cm³/mol. The molecule has 0 aliphatic heterocycles.